The van der Waals surface area contributed by atoms with Gasteiger partial charge in [0, 0.05) is 19.1 Å². The van der Waals surface area contributed by atoms with Gasteiger partial charge in [-0.25, -0.2) is 14.8 Å². The molecule has 1 aliphatic heterocycles. The fraction of sp³-hybridized carbons (Fsp3) is 0.455. The molecule has 94 valence electrons. The Balaban J connectivity index is 1.87. The molecule has 1 fully saturated rings. The van der Waals surface area contributed by atoms with Crippen LogP contribution in [0.25, 0.3) is 0 Å². The number of rotatable bonds is 2. The number of carbonyl (C=O) groups is 1. The first-order valence-electron chi connectivity index (χ1n) is 5.65. The number of hydrogen-bond acceptors (Lipinski definition) is 5. The predicted octanol–water partition coefficient (Wildman–Crippen LogP) is 0.903. The van der Waals surface area contributed by atoms with Crippen molar-refractivity contribution in [2.24, 2.45) is 0 Å². The van der Waals surface area contributed by atoms with Gasteiger partial charge in [0.05, 0.1) is 18.0 Å². The average Bonchev–Trinajstić information content (AvgIpc) is 2.40. The van der Waals surface area contributed by atoms with Crippen LogP contribution in [0.1, 0.15) is 18.4 Å². The lowest BCUT2D eigenvalue weighted by atomic mass is 10.1. The second-order valence-corrected chi connectivity index (χ2v) is 4.10. The highest BCUT2D eigenvalue weighted by Gasteiger charge is 2.22. The summed E-state index contributed by atoms with van der Waals surface area (Å²) in [7, 11) is 0. The van der Waals surface area contributed by atoms with Gasteiger partial charge in [0.1, 0.15) is 6.07 Å². The molecule has 1 amide bonds. The molecule has 0 saturated carbocycles. The van der Waals surface area contributed by atoms with Crippen molar-refractivity contribution >= 4 is 12.0 Å². The fourth-order valence-corrected chi connectivity index (χ4v) is 1.86. The number of amides is 1. The van der Waals surface area contributed by atoms with Gasteiger partial charge in [-0.15, -0.1) is 0 Å². The Bertz CT molecular complexity index is 459. The summed E-state index contributed by atoms with van der Waals surface area (Å²) in [5.74, 6) is 0.475. The van der Waals surface area contributed by atoms with E-state index in [0.717, 1.165) is 12.8 Å². The normalized spacial score (nSPS) is 16.1. The van der Waals surface area contributed by atoms with E-state index in [-0.39, 0.29) is 6.04 Å². The van der Waals surface area contributed by atoms with Crippen LogP contribution in [0.15, 0.2) is 12.4 Å². The second-order valence-electron chi connectivity index (χ2n) is 4.10. The maximum absolute atomic E-state index is 10.7. The van der Waals surface area contributed by atoms with Gasteiger partial charge in [-0.1, -0.05) is 0 Å². The van der Waals surface area contributed by atoms with Crippen LogP contribution in [0.5, 0.6) is 0 Å². The Morgan fingerprint density at radius 2 is 2.06 bits per heavy atom. The summed E-state index contributed by atoms with van der Waals surface area (Å²) < 4.78 is 0. The molecule has 7 heteroatoms. The van der Waals surface area contributed by atoms with Gasteiger partial charge < -0.3 is 15.3 Å². The molecule has 0 spiro atoms. The largest absolute Gasteiger partial charge is 0.465 e. The molecule has 0 unspecified atom stereocenters. The van der Waals surface area contributed by atoms with Gasteiger partial charge >= 0.3 is 6.09 Å². The van der Waals surface area contributed by atoms with Crippen molar-refractivity contribution < 1.29 is 9.90 Å². The Morgan fingerprint density at radius 1 is 1.44 bits per heavy atom. The third kappa shape index (κ3) is 2.85. The van der Waals surface area contributed by atoms with Crippen molar-refractivity contribution in [3.05, 3.63) is 18.0 Å². The maximum Gasteiger partial charge on any atom is 0.407 e. The molecule has 1 aromatic heterocycles. The average molecular weight is 247 g/mol. The molecule has 0 bridgehead atoms. The molecular weight excluding hydrogens is 234 g/mol. The minimum absolute atomic E-state index is 0.175. The fourth-order valence-electron chi connectivity index (χ4n) is 1.86. The molecule has 1 aliphatic rings. The molecule has 1 saturated heterocycles. The zero-order valence-electron chi connectivity index (χ0n) is 9.70. The van der Waals surface area contributed by atoms with Crippen molar-refractivity contribution in [1.29, 1.82) is 5.26 Å². The number of piperidine rings is 1. The van der Waals surface area contributed by atoms with Crippen molar-refractivity contribution in [2.45, 2.75) is 18.9 Å². The number of hydrogen-bond donors (Lipinski definition) is 2. The number of carboxylic acid groups (broad SMARTS) is 1. The van der Waals surface area contributed by atoms with E-state index in [4.69, 9.17) is 10.4 Å². The highest BCUT2D eigenvalue weighted by atomic mass is 16.4. The van der Waals surface area contributed by atoms with Crippen molar-refractivity contribution in [1.82, 2.24) is 14.9 Å². The van der Waals surface area contributed by atoms with Gasteiger partial charge in [-0.3, -0.25) is 0 Å². The van der Waals surface area contributed by atoms with E-state index < -0.39 is 6.09 Å². The molecule has 0 aromatic carbocycles. The van der Waals surface area contributed by atoms with E-state index in [0.29, 0.717) is 24.6 Å². The van der Waals surface area contributed by atoms with Gasteiger partial charge in [0.15, 0.2) is 0 Å². The molecule has 0 atom stereocenters. The summed E-state index contributed by atoms with van der Waals surface area (Å²) in [4.78, 5) is 20.2. The van der Waals surface area contributed by atoms with Gasteiger partial charge in [-0.05, 0) is 12.8 Å². The minimum atomic E-state index is -0.872. The Hall–Kier alpha value is -2.36. The number of aromatic nitrogens is 2. The standard InChI is InChI=1S/C11H13N5O2/c12-5-8-6-13-10(14-7-8)15-9-1-3-16(4-2-9)11(17)18/h6-7,9H,1-4H2,(H,17,18)(H,13,14,15). The number of anilines is 1. The van der Waals surface area contributed by atoms with Gasteiger partial charge in [0.25, 0.3) is 0 Å². The zero-order valence-corrected chi connectivity index (χ0v) is 9.70. The SMILES string of the molecule is N#Cc1cnc(NC2CCN(C(=O)O)CC2)nc1. The third-order valence-electron chi connectivity index (χ3n) is 2.88. The molecule has 2 N–H and O–H groups in total. The number of nitriles is 1. The summed E-state index contributed by atoms with van der Waals surface area (Å²) in [6, 6.07) is 2.13. The van der Waals surface area contributed by atoms with Gasteiger partial charge in [-0.2, -0.15) is 5.26 Å². The van der Waals surface area contributed by atoms with E-state index in [1.54, 1.807) is 0 Å². The van der Waals surface area contributed by atoms with Crippen molar-refractivity contribution in [3.8, 4) is 6.07 Å². The van der Waals surface area contributed by atoms with E-state index in [1.165, 1.54) is 17.3 Å². The van der Waals surface area contributed by atoms with Crippen LogP contribution in [0.3, 0.4) is 0 Å². The van der Waals surface area contributed by atoms with Crippen LogP contribution < -0.4 is 5.32 Å². The first kappa shape index (κ1) is 12.1. The summed E-state index contributed by atoms with van der Waals surface area (Å²) in [6.45, 7) is 1.03. The molecule has 0 aliphatic carbocycles. The highest BCUT2D eigenvalue weighted by Crippen LogP contribution is 2.14. The van der Waals surface area contributed by atoms with Crippen molar-refractivity contribution in [3.63, 3.8) is 0 Å². The van der Waals surface area contributed by atoms with Crippen molar-refractivity contribution in [2.75, 3.05) is 18.4 Å². The summed E-state index contributed by atoms with van der Waals surface area (Å²) in [5, 5.41) is 20.6. The lowest BCUT2D eigenvalue weighted by Gasteiger charge is -2.30. The Kier molecular flexibility index (Phi) is 3.57. The summed E-state index contributed by atoms with van der Waals surface area (Å²) in [6.07, 6.45) is 3.51. The molecular formula is C11H13N5O2. The molecule has 7 nitrogen and oxygen atoms in total. The second kappa shape index (κ2) is 5.31. The third-order valence-corrected chi connectivity index (χ3v) is 2.88. The lowest BCUT2D eigenvalue weighted by molar-refractivity contribution is 0.133. The van der Waals surface area contributed by atoms with Crippen LogP contribution in [0, 0.1) is 11.3 Å². The number of nitrogens with zero attached hydrogens (tertiary/aromatic N) is 4. The van der Waals surface area contributed by atoms with Crippen LogP contribution in [-0.2, 0) is 0 Å². The summed E-state index contributed by atoms with van der Waals surface area (Å²) in [5.41, 5.74) is 0.418. The monoisotopic (exact) mass is 247 g/mol. The highest BCUT2D eigenvalue weighted by molar-refractivity contribution is 5.65. The molecule has 1 aromatic rings. The van der Waals surface area contributed by atoms with E-state index in [1.807, 2.05) is 6.07 Å². The summed E-state index contributed by atoms with van der Waals surface area (Å²) >= 11 is 0. The smallest absolute Gasteiger partial charge is 0.407 e. The minimum Gasteiger partial charge on any atom is -0.465 e. The molecule has 2 heterocycles. The van der Waals surface area contributed by atoms with E-state index >= 15 is 0 Å². The quantitative estimate of drug-likeness (QED) is 0.805. The van der Waals surface area contributed by atoms with Gasteiger partial charge in [0.2, 0.25) is 5.95 Å². The van der Waals surface area contributed by atoms with Crippen LogP contribution in [0.4, 0.5) is 10.7 Å². The topological polar surface area (TPSA) is 102 Å². The zero-order chi connectivity index (χ0) is 13.0. The Morgan fingerprint density at radius 3 is 2.56 bits per heavy atom. The van der Waals surface area contributed by atoms with Crippen LogP contribution in [-0.4, -0.2) is 45.2 Å². The first-order chi connectivity index (χ1) is 8.69. The molecule has 2 rings (SSSR count). The van der Waals surface area contributed by atoms with Crippen LogP contribution >= 0.6 is 0 Å². The lowest BCUT2D eigenvalue weighted by Crippen LogP contribution is -2.41. The molecule has 0 radical (unpaired) electrons. The number of likely N-dealkylation sites (tertiary alicyclic amines) is 1. The van der Waals surface area contributed by atoms with E-state index in [2.05, 4.69) is 15.3 Å². The molecule has 18 heavy (non-hydrogen) atoms. The first-order valence-corrected chi connectivity index (χ1v) is 5.65. The number of nitrogens with one attached hydrogen (secondary N) is 1. The van der Waals surface area contributed by atoms with E-state index in [9.17, 15) is 4.79 Å². The predicted molar refractivity (Wildman–Crippen MR) is 63.0 cm³/mol. The van der Waals surface area contributed by atoms with Crippen LogP contribution in [0.2, 0.25) is 0 Å². The maximum atomic E-state index is 10.7. The Labute approximate surface area is 104 Å².